The molecule has 8 heteroatoms. The predicted octanol–water partition coefficient (Wildman–Crippen LogP) is 2.20. The Morgan fingerprint density at radius 1 is 1.31 bits per heavy atom. The van der Waals surface area contributed by atoms with E-state index in [-0.39, 0.29) is 29.2 Å². The smallest absolute Gasteiger partial charge is 0.254 e. The fourth-order valence-corrected chi connectivity index (χ4v) is 4.37. The van der Waals surface area contributed by atoms with Crippen molar-refractivity contribution < 1.29 is 17.9 Å². The maximum absolute atomic E-state index is 13.0. The number of benzene rings is 1. The van der Waals surface area contributed by atoms with Crippen molar-refractivity contribution in [3.8, 4) is 0 Å². The Hall–Kier alpha value is -2.19. The number of aromatic amines is 1. The van der Waals surface area contributed by atoms with Crippen molar-refractivity contribution in [3.63, 3.8) is 0 Å². The van der Waals surface area contributed by atoms with E-state index in [0.717, 1.165) is 25.1 Å². The third-order valence-electron chi connectivity index (χ3n) is 4.62. The summed E-state index contributed by atoms with van der Waals surface area (Å²) in [6.45, 7) is 0.805. The number of methoxy groups -OCH3 is 1. The number of hydrogen-bond acceptors (Lipinski definition) is 5. The van der Waals surface area contributed by atoms with Gasteiger partial charge in [-0.2, -0.15) is 0 Å². The third kappa shape index (κ3) is 3.96. The number of sulfone groups is 1. The minimum absolute atomic E-state index is 0.0728. The van der Waals surface area contributed by atoms with Crippen molar-refractivity contribution in [1.82, 2.24) is 14.9 Å². The highest BCUT2D eigenvalue weighted by molar-refractivity contribution is 7.91. The summed E-state index contributed by atoms with van der Waals surface area (Å²) < 4.78 is 29.2. The van der Waals surface area contributed by atoms with Crippen molar-refractivity contribution >= 4 is 15.7 Å². The molecular weight excluding hydrogens is 354 g/mol. The number of amides is 1. The van der Waals surface area contributed by atoms with Gasteiger partial charge >= 0.3 is 0 Å². The number of carbonyl (C=O) groups is 1. The van der Waals surface area contributed by atoms with Gasteiger partial charge in [-0.25, -0.2) is 13.4 Å². The summed E-state index contributed by atoms with van der Waals surface area (Å²) in [5, 5.41) is 0. The number of nitrogens with one attached hydrogen (secondary N) is 1. The molecule has 7 nitrogen and oxygen atoms in total. The summed E-state index contributed by atoms with van der Waals surface area (Å²) >= 11 is 0. The molecule has 2 heterocycles. The summed E-state index contributed by atoms with van der Waals surface area (Å²) in [4.78, 5) is 22.4. The molecule has 2 aromatic rings. The van der Waals surface area contributed by atoms with Crippen LogP contribution in [-0.2, 0) is 14.6 Å². The number of rotatable bonds is 6. The molecule has 1 fully saturated rings. The maximum atomic E-state index is 13.0. The second-order valence-electron chi connectivity index (χ2n) is 6.32. The molecule has 0 saturated carbocycles. The molecule has 0 radical (unpaired) electrons. The number of nitrogens with zero attached hydrogens (tertiary/aromatic N) is 2. The Bertz CT molecular complexity index is 832. The van der Waals surface area contributed by atoms with E-state index >= 15 is 0 Å². The molecule has 1 unspecified atom stereocenters. The number of H-pyrrole nitrogens is 1. The molecule has 1 atom stereocenters. The fraction of sp³-hybridized carbons (Fsp3) is 0.444. The molecule has 140 valence electrons. The lowest BCUT2D eigenvalue weighted by atomic mass is 10.00. The van der Waals surface area contributed by atoms with Crippen molar-refractivity contribution in [2.75, 3.05) is 26.0 Å². The summed E-state index contributed by atoms with van der Waals surface area (Å²) in [7, 11) is -1.94. The topological polar surface area (TPSA) is 92.4 Å². The average molecular weight is 377 g/mol. The van der Waals surface area contributed by atoms with E-state index in [4.69, 9.17) is 4.74 Å². The van der Waals surface area contributed by atoms with Gasteiger partial charge in [0.2, 0.25) is 0 Å². The highest BCUT2D eigenvalue weighted by Gasteiger charge is 2.30. The number of likely N-dealkylation sites (tertiary alicyclic amines) is 1. The van der Waals surface area contributed by atoms with Crippen molar-refractivity contribution in [2.45, 2.75) is 30.2 Å². The van der Waals surface area contributed by atoms with Crippen LogP contribution in [0, 0.1) is 0 Å². The van der Waals surface area contributed by atoms with E-state index in [1.54, 1.807) is 24.5 Å². The van der Waals surface area contributed by atoms with Gasteiger partial charge in [0.05, 0.1) is 23.3 Å². The molecule has 26 heavy (non-hydrogen) atoms. The highest BCUT2D eigenvalue weighted by atomic mass is 32.2. The molecule has 0 aliphatic carbocycles. The number of piperidine rings is 1. The van der Waals surface area contributed by atoms with E-state index in [1.807, 2.05) is 4.90 Å². The van der Waals surface area contributed by atoms with Gasteiger partial charge in [-0.05, 0) is 43.5 Å². The summed E-state index contributed by atoms with van der Waals surface area (Å²) in [5.74, 6) is 0.604. The van der Waals surface area contributed by atoms with Gasteiger partial charge in [0.25, 0.3) is 5.91 Å². The number of ether oxygens (including phenoxy) is 1. The van der Waals surface area contributed by atoms with Gasteiger partial charge < -0.3 is 14.6 Å². The van der Waals surface area contributed by atoms with Gasteiger partial charge in [-0.15, -0.1) is 0 Å². The standard InChI is InChI=1S/C18H23N3O4S/c1-25-12-13-26(23,24)15-7-5-14(6-8-15)18(22)21-11-3-2-4-16(21)17-19-9-10-20-17/h5-10,16H,2-4,11-13H2,1H3,(H,19,20). The second-order valence-corrected chi connectivity index (χ2v) is 8.43. The van der Waals surface area contributed by atoms with Crippen LogP contribution in [0.25, 0.3) is 0 Å². The molecule has 1 aliphatic heterocycles. The predicted molar refractivity (Wildman–Crippen MR) is 96.6 cm³/mol. The number of hydrogen-bond donors (Lipinski definition) is 1. The van der Waals surface area contributed by atoms with Crippen LogP contribution in [0.3, 0.4) is 0 Å². The van der Waals surface area contributed by atoms with Gasteiger partial charge in [0.1, 0.15) is 5.82 Å². The van der Waals surface area contributed by atoms with E-state index in [0.29, 0.717) is 12.1 Å². The summed E-state index contributed by atoms with van der Waals surface area (Å²) in [6.07, 6.45) is 6.31. The van der Waals surface area contributed by atoms with Crippen LogP contribution in [0.4, 0.5) is 0 Å². The van der Waals surface area contributed by atoms with Crippen LogP contribution in [0.5, 0.6) is 0 Å². The molecule has 1 aromatic carbocycles. The minimum atomic E-state index is -3.40. The maximum Gasteiger partial charge on any atom is 0.254 e. The molecule has 0 bridgehead atoms. The van der Waals surface area contributed by atoms with Gasteiger partial charge in [0, 0.05) is 31.6 Å². The van der Waals surface area contributed by atoms with Crippen LogP contribution < -0.4 is 0 Å². The molecule has 0 spiro atoms. The van der Waals surface area contributed by atoms with Crippen molar-refractivity contribution in [2.24, 2.45) is 0 Å². The first-order valence-corrected chi connectivity index (χ1v) is 10.3. The third-order valence-corrected chi connectivity index (χ3v) is 6.31. The monoisotopic (exact) mass is 377 g/mol. The zero-order chi connectivity index (χ0) is 18.6. The van der Waals surface area contributed by atoms with Crippen LogP contribution in [0.2, 0.25) is 0 Å². The Morgan fingerprint density at radius 2 is 2.08 bits per heavy atom. The summed E-state index contributed by atoms with van der Waals surface area (Å²) in [5.41, 5.74) is 0.481. The van der Waals surface area contributed by atoms with E-state index in [2.05, 4.69) is 9.97 Å². The Kier molecular flexibility index (Phi) is 5.73. The van der Waals surface area contributed by atoms with E-state index in [1.165, 1.54) is 19.2 Å². The minimum Gasteiger partial charge on any atom is -0.384 e. The van der Waals surface area contributed by atoms with Crippen LogP contribution in [0.15, 0.2) is 41.6 Å². The number of carbonyl (C=O) groups excluding carboxylic acids is 1. The van der Waals surface area contributed by atoms with Crippen LogP contribution in [-0.4, -0.2) is 55.2 Å². The Labute approximate surface area is 153 Å². The second kappa shape index (κ2) is 8.01. The fourth-order valence-electron chi connectivity index (χ4n) is 3.20. The molecule has 3 rings (SSSR count). The quantitative estimate of drug-likeness (QED) is 0.833. The van der Waals surface area contributed by atoms with Gasteiger partial charge in [-0.3, -0.25) is 4.79 Å². The van der Waals surface area contributed by atoms with Crippen molar-refractivity contribution in [1.29, 1.82) is 0 Å². The molecule has 1 N–H and O–H groups in total. The van der Waals surface area contributed by atoms with Crippen LogP contribution in [0.1, 0.15) is 41.5 Å². The molecule has 1 saturated heterocycles. The van der Waals surface area contributed by atoms with Crippen molar-refractivity contribution in [3.05, 3.63) is 48.0 Å². The Balaban J connectivity index is 1.79. The Morgan fingerprint density at radius 3 is 2.73 bits per heavy atom. The zero-order valence-corrected chi connectivity index (χ0v) is 15.5. The normalized spacial score (nSPS) is 18.0. The van der Waals surface area contributed by atoms with E-state index in [9.17, 15) is 13.2 Å². The average Bonchev–Trinajstić information content (AvgIpc) is 3.20. The lowest BCUT2D eigenvalue weighted by molar-refractivity contribution is 0.0601. The first kappa shape index (κ1) is 18.6. The van der Waals surface area contributed by atoms with Crippen LogP contribution >= 0.6 is 0 Å². The zero-order valence-electron chi connectivity index (χ0n) is 14.7. The lowest BCUT2D eigenvalue weighted by Crippen LogP contribution is -2.39. The van der Waals surface area contributed by atoms with Gasteiger partial charge in [0.15, 0.2) is 9.84 Å². The highest BCUT2D eigenvalue weighted by Crippen LogP contribution is 2.30. The molecular formula is C18H23N3O4S. The molecule has 1 amide bonds. The number of aromatic nitrogens is 2. The SMILES string of the molecule is COCCS(=O)(=O)c1ccc(C(=O)N2CCCCC2c2ncc[nH]2)cc1. The first-order chi connectivity index (χ1) is 12.5. The largest absolute Gasteiger partial charge is 0.384 e. The number of imidazole rings is 1. The molecule has 1 aromatic heterocycles. The van der Waals surface area contributed by atoms with E-state index < -0.39 is 9.84 Å². The molecule has 1 aliphatic rings. The van der Waals surface area contributed by atoms with Gasteiger partial charge in [-0.1, -0.05) is 0 Å². The lowest BCUT2D eigenvalue weighted by Gasteiger charge is -2.34. The summed E-state index contributed by atoms with van der Waals surface area (Å²) in [6, 6.07) is 6.07. The first-order valence-electron chi connectivity index (χ1n) is 8.65.